The summed E-state index contributed by atoms with van der Waals surface area (Å²) in [5, 5.41) is 24.2. The first-order valence-corrected chi connectivity index (χ1v) is 5.49. The summed E-state index contributed by atoms with van der Waals surface area (Å²) in [6, 6.07) is -3.09. The number of aliphatic carboxylic acids is 1. The highest BCUT2D eigenvalue weighted by Gasteiger charge is 2.21. The molecule has 0 radical (unpaired) electrons. The molecule has 18 heavy (non-hydrogen) atoms. The number of carboxylic acid groups (broad SMARTS) is 1. The minimum atomic E-state index is -1.40. The van der Waals surface area contributed by atoms with E-state index in [-0.39, 0.29) is 11.9 Å². The largest absolute Gasteiger partial charge is 0.480 e. The molecular weight excluding hydrogens is 242 g/mol. The number of carbonyl (C=O) groups is 3. The summed E-state index contributed by atoms with van der Waals surface area (Å²) in [7, 11) is 0. The van der Waals surface area contributed by atoms with Crippen molar-refractivity contribution < 1.29 is 24.6 Å². The minimum Gasteiger partial charge on any atom is -0.480 e. The SMILES string of the molecule is CC(C)NC(=O)C(C)NC(=O)N[C@H](CO)C(=O)O. The molecule has 0 aliphatic rings. The van der Waals surface area contributed by atoms with Crippen LogP contribution in [0.25, 0.3) is 0 Å². The third-order valence-corrected chi connectivity index (χ3v) is 1.96. The first-order valence-electron chi connectivity index (χ1n) is 5.49. The molecule has 1 unspecified atom stereocenters. The quantitative estimate of drug-likeness (QED) is 0.403. The monoisotopic (exact) mass is 261 g/mol. The van der Waals surface area contributed by atoms with Gasteiger partial charge in [0.2, 0.25) is 5.91 Å². The van der Waals surface area contributed by atoms with E-state index in [2.05, 4.69) is 10.6 Å². The highest BCUT2D eigenvalue weighted by Crippen LogP contribution is 1.87. The van der Waals surface area contributed by atoms with Crippen molar-refractivity contribution in [1.82, 2.24) is 16.0 Å². The Labute approximate surface area is 105 Å². The van der Waals surface area contributed by atoms with Gasteiger partial charge in [0.25, 0.3) is 0 Å². The van der Waals surface area contributed by atoms with Crippen molar-refractivity contribution in [2.45, 2.75) is 38.9 Å². The second kappa shape index (κ2) is 7.49. The van der Waals surface area contributed by atoms with Crippen LogP contribution in [0.1, 0.15) is 20.8 Å². The van der Waals surface area contributed by atoms with Crippen molar-refractivity contribution in [3.05, 3.63) is 0 Å². The number of aliphatic hydroxyl groups excluding tert-OH is 1. The molecule has 0 aromatic carbocycles. The normalized spacial score (nSPS) is 13.6. The van der Waals surface area contributed by atoms with Crippen molar-refractivity contribution in [2.24, 2.45) is 0 Å². The van der Waals surface area contributed by atoms with Crippen molar-refractivity contribution in [2.75, 3.05) is 6.61 Å². The molecule has 5 N–H and O–H groups in total. The van der Waals surface area contributed by atoms with Gasteiger partial charge in [0.1, 0.15) is 6.04 Å². The molecule has 0 spiro atoms. The molecule has 0 aliphatic heterocycles. The van der Waals surface area contributed by atoms with Gasteiger partial charge in [-0.05, 0) is 20.8 Å². The van der Waals surface area contributed by atoms with Crippen molar-refractivity contribution >= 4 is 17.9 Å². The maximum absolute atomic E-state index is 11.5. The number of aliphatic hydroxyl groups is 1. The zero-order chi connectivity index (χ0) is 14.3. The maximum atomic E-state index is 11.5. The van der Waals surface area contributed by atoms with E-state index in [0.717, 1.165) is 0 Å². The first kappa shape index (κ1) is 16.2. The summed E-state index contributed by atoms with van der Waals surface area (Å²) in [6.07, 6.45) is 0. The summed E-state index contributed by atoms with van der Waals surface area (Å²) < 4.78 is 0. The van der Waals surface area contributed by atoms with Gasteiger partial charge in [-0.2, -0.15) is 0 Å². The predicted octanol–water partition coefficient (Wildman–Crippen LogP) is -1.36. The number of hydrogen-bond donors (Lipinski definition) is 5. The van der Waals surface area contributed by atoms with Crippen LogP contribution in [0.5, 0.6) is 0 Å². The molecule has 0 aromatic heterocycles. The van der Waals surface area contributed by atoms with E-state index in [1.54, 1.807) is 13.8 Å². The van der Waals surface area contributed by atoms with Crippen molar-refractivity contribution in [3.8, 4) is 0 Å². The van der Waals surface area contributed by atoms with Gasteiger partial charge in [0.05, 0.1) is 6.61 Å². The van der Waals surface area contributed by atoms with Crippen LogP contribution >= 0.6 is 0 Å². The average molecular weight is 261 g/mol. The van der Waals surface area contributed by atoms with Crippen molar-refractivity contribution in [1.29, 1.82) is 0 Å². The van der Waals surface area contributed by atoms with Gasteiger partial charge in [-0.15, -0.1) is 0 Å². The molecule has 3 amide bonds. The molecule has 8 heteroatoms. The molecule has 0 bridgehead atoms. The molecule has 0 rings (SSSR count). The maximum Gasteiger partial charge on any atom is 0.328 e. The molecule has 2 atom stereocenters. The predicted molar refractivity (Wildman–Crippen MR) is 62.9 cm³/mol. The van der Waals surface area contributed by atoms with Crippen LogP contribution in [0, 0.1) is 0 Å². The Bertz CT molecular complexity index is 319. The van der Waals surface area contributed by atoms with E-state index < -0.39 is 30.7 Å². The molecule has 0 heterocycles. The summed E-state index contributed by atoms with van der Waals surface area (Å²) in [6.45, 7) is 4.29. The summed E-state index contributed by atoms with van der Waals surface area (Å²) >= 11 is 0. The second-order valence-electron chi connectivity index (χ2n) is 4.08. The standard InChI is InChI=1S/C10H19N3O5/c1-5(2)11-8(15)6(3)12-10(18)13-7(4-14)9(16)17/h5-7,14H,4H2,1-3H3,(H,11,15)(H,16,17)(H2,12,13,18)/t6?,7-/m1/s1. The van der Waals surface area contributed by atoms with Crippen LogP contribution in [-0.2, 0) is 9.59 Å². The van der Waals surface area contributed by atoms with E-state index in [1.807, 2.05) is 5.32 Å². The lowest BCUT2D eigenvalue weighted by atomic mass is 10.3. The second-order valence-corrected chi connectivity index (χ2v) is 4.08. The summed E-state index contributed by atoms with van der Waals surface area (Å²) in [5.74, 6) is -1.73. The number of carbonyl (C=O) groups excluding carboxylic acids is 2. The van der Waals surface area contributed by atoms with Gasteiger partial charge in [-0.1, -0.05) is 0 Å². The molecule has 0 aliphatic carbocycles. The van der Waals surface area contributed by atoms with Gasteiger partial charge in [0, 0.05) is 6.04 Å². The van der Waals surface area contributed by atoms with Crippen LogP contribution in [0.2, 0.25) is 0 Å². The van der Waals surface area contributed by atoms with E-state index in [4.69, 9.17) is 10.2 Å². The fourth-order valence-corrected chi connectivity index (χ4v) is 1.06. The topological polar surface area (TPSA) is 128 Å². The molecule has 0 saturated carbocycles. The smallest absolute Gasteiger partial charge is 0.328 e. The molecule has 0 fully saturated rings. The van der Waals surface area contributed by atoms with E-state index >= 15 is 0 Å². The summed E-state index contributed by atoms with van der Waals surface area (Å²) in [5.41, 5.74) is 0. The summed E-state index contributed by atoms with van der Waals surface area (Å²) in [4.78, 5) is 33.3. The van der Waals surface area contributed by atoms with Gasteiger partial charge < -0.3 is 26.2 Å². The highest BCUT2D eigenvalue weighted by molar-refractivity contribution is 5.88. The molecular formula is C10H19N3O5. The first-order chi connectivity index (χ1) is 8.27. The van der Waals surface area contributed by atoms with E-state index in [1.165, 1.54) is 6.92 Å². The molecule has 8 nitrogen and oxygen atoms in total. The number of amides is 3. The van der Waals surface area contributed by atoms with E-state index in [0.29, 0.717) is 0 Å². The number of nitrogens with one attached hydrogen (secondary N) is 3. The number of rotatable bonds is 6. The van der Waals surface area contributed by atoms with Gasteiger partial charge in [-0.3, -0.25) is 4.79 Å². The fraction of sp³-hybridized carbons (Fsp3) is 0.700. The average Bonchev–Trinajstić information content (AvgIpc) is 2.24. The Balaban J connectivity index is 4.23. The van der Waals surface area contributed by atoms with E-state index in [9.17, 15) is 14.4 Å². The third kappa shape index (κ3) is 6.04. The number of hydrogen-bond acceptors (Lipinski definition) is 4. The van der Waals surface area contributed by atoms with Crippen LogP contribution < -0.4 is 16.0 Å². The van der Waals surface area contributed by atoms with Gasteiger partial charge in [0.15, 0.2) is 6.04 Å². The van der Waals surface area contributed by atoms with Crippen LogP contribution in [0.15, 0.2) is 0 Å². The highest BCUT2D eigenvalue weighted by atomic mass is 16.4. The van der Waals surface area contributed by atoms with Gasteiger partial charge >= 0.3 is 12.0 Å². The van der Waals surface area contributed by atoms with Gasteiger partial charge in [-0.25, -0.2) is 9.59 Å². The Morgan fingerprint density at radius 1 is 1.06 bits per heavy atom. The zero-order valence-corrected chi connectivity index (χ0v) is 10.6. The molecule has 104 valence electrons. The van der Waals surface area contributed by atoms with Crippen molar-refractivity contribution in [3.63, 3.8) is 0 Å². The fourth-order valence-electron chi connectivity index (χ4n) is 1.06. The number of carboxylic acids is 1. The van der Waals surface area contributed by atoms with Crippen LogP contribution in [0.4, 0.5) is 4.79 Å². The Hall–Kier alpha value is -1.83. The molecule has 0 aromatic rings. The zero-order valence-electron chi connectivity index (χ0n) is 10.6. The Morgan fingerprint density at radius 2 is 1.61 bits per heavy atom. The minimum absolute atomic E-state index is 0.0611. The molecule has 0 saturated heterocycles. The Kier molecular flexibility index (Phi) is 6.73. The lowest BCUT2D eigenvalue weighted by molar-refractivity contribution is -0.140. The third-order valence-electron chi connectivity index (χ3n) is 1.96. The Morgan fingerprint density at radius 3 is 2.00 bits per heavy atom. The van der Waals surface area contributed by atoms with Crippen LogP contribution in [-0.4, -0.2) is 52.9 Å². The lowest BCUT2D eigenvalue weighted by Gasteiger charge is -2.18. The lowest BCUT2D eigenvalue weighted by Crippen LogP contribution is -2.53. The van der Waals surface area contributed by atoms with Crippen LogP contribution in [0.3, 0.4) is 0 Å². The number of urea groups is 1.